The number of hydrogen-bond acceptors (Lipinski definition) is 9. The minimum atomic E-state index is -0.806. The van der Waals surface area contributed by atoms with Gasteiger partial charge in [-0.3, -0.25) is 4.79 Å². The fourth-order valence-corrected chi connectivity index (χ4v) is 3.90. The number of carbonyl (C=O) groups excluding carboxylic acids is 3. The van der Waals surface area contributed by atoms with Crippen LogP contribution >= 0.6 is 11.6 Å². The van der Waals surface area contributed by atoms with Gasteiger partial charge in [0.05, 0.1) is 56.2 Å². The minimum absolute atomic E-state index is 0.0436. The maximum Gasteiger partial charge on any atom is 0.336 e. The summed E-state index contributed by atoms with van der Waals surface area (Å²) in [5.41, 5.74) is 7.39. The topological polar surface area (TPSA) is 141 Å². The number of methoxy groups -OCH3 is 1. The Balaban J connectivity index is 2.27. The zero-order valence-electron chi connectivity index (χ0n) is 20.2. The first kappa shape index (κ1) is 28.3. The van der Waals surface area contributed by atoms with Crippen LogP contribution in [-0.2, 0) is 28.6 Å². The second kappa shape index (κ2) is 14.5. The van der Waals surface area contributed by atoms with E-state index in [9.17, 15) is 14.4 Å². The third-order valence-corrected chi connectivity index (χ3v) is 5.53. The van der Waals surface area contributed by atoms with Crippen LogP contribution in [0.4, 0.5) is 0 Å². The molecule has 1 heterocycles. The molecule has 0 saturated carbocycles. The number of nitrogens with two attached hydrogens (primary N) is 1. The highest BCUT2D eigenvalue weighted by Gasteiger charge is 2.39. The zero-order valence-corrected chi connectivity index (χ0v) is 21.0. The van der Waals surface area contributed by atoms with E-state index in [1.54, 1.807) is 38.1 Å². The van der Waals surface area contributed by atoms with Crippen molar-refractivity contribution >= 4 is 29.4 Å². The SMILES string of the molecule is CCOC(=O)C1=C(COCCNCC(=O)NCCN)NC(C)=C(C(=O)OC)C1c1ccccc1Cl. The molecular formula is C24H33ClN4O6. The molecule has 5 N–H and O–H groups in total. The van der Waals surface area contributed by atoms with Crippen LogP contribution in [0.25, 0.3) is 0 Å². The number of carbonyl (C=O) groups is 3. The van der Waals surface area contributed by atoms with Crippen LogP contribution < -0.4 is 21.7 Å². The molecule has 0 spiro atoms. The largest absolute Gasteiger partial charge is 0.466 e. The Morgan fingerprint density at radius 2 is 1.89 bits per heavy atom. The van der Waals surface area contributed by atoms with Crippen LogP contribution in [0.5, 0.6) is 0 Å². The smallest absolute Gasteiger partial charge is 0.336 e. The van der Waals surface area contributed by atoms with Gasteiger partial charge >= 0.3 is 11.9 Å². The van der Waals surface area contributed by atoms with Crippen molar-refractivity contribution in [2.45, 2.75) is 19.8 Å². The van der Waals surface area contributed by atoms with Crippen molar-refractivity contribution in [2.24, 2.45) is 5.73 Å². The first-order valence-electron chi connectivity index (χ1n) is 11.3. The molecule has 11 heteroatoms. The fraction of sp³-hybridized carbons (Fsp3) is 0.458. The average Bonchev–Trinajstić information content (AvgIpc) is 2.84. The molecule has 1 unspecified atom stereocenters. The molecule has 35 heavy (non-hydrogen) atoms. The van der Waals surface area contributed by atoms with Gasteiger partial charge in [0.2, 0.25) is 5.91 Å². The molecule has 0 aromatic heterocycles. The summed E-state index contributed by atoms with van der Waals surface area (Å²) >= 11 is 6.48. The van der Waals surface area contributed by atoms with Crippen LogP contribution in [0.1, 0.15) is 25.3 Å². The lowest BCUT2D eigenvalue weighted by atomic mass is 9.80. The number of nitrogens with one attached hydrogen (secondary N) is 3. The molecule has 2 rings (SSSR count). The van der Waals surface area contributed by atoms with Crippen LogP contribution in [-0.4, -0.2) is 71.0 Å². The molecule has 1 aliphatic rings. The quantitative estimate of drug-likeness (QED) is 0.226. The predicted molar refractivity (Wildman–Crippen MR) is 131 cm³/mol. The summed E-state index contributed by atoms with van der Waals surface area (Å²) in [7, 11) is 1.28. The van der Waals surface area contributed by atoms with Crippen molar-refractivity contribution in [3.05, 3.63) is 57.4 Å². The molecule has 1 atom stereocenters. The normalized spacial score (nSPS) is 15.5. The summed E-state index contributed by atoms with van der Waals surface area (Å²) in [5, 5.41) is 9.15. The summed E-state index contributed by atoms with van der Waals surface area (Å²) in [6.07, 6.45) is 0. The predicted octanol–water partition coefficient (Wildman–Crippen LogP) is 0.972. The molecule has 1 amide bonds. The Bertz CT molecular complexity index is 979. The van der Waals surface area contributed by atoms with Gasteiger partial charge in [-0.1, -0.05) is 29.8 Å². The molecule has 1 aromatic rings. The van der Waals surface area contributed by atoms with Crippen LogP contribution in [0, 0.1) is 0 Å². The number of hydrogen-bond donors (Lipinski definition) is 4. The molecular weight excluding hydrogens is 476 g/mol. The van der Waals surface area contributed by atoms with Crippen molar-refractivity contribution in [1.29, 1.82) is 0 Å². The van der Waals surface area contributed by atoms with Crippen molar-refractivity contribution in [2.75, 3.05) is 53.1 Å². The number of ether oxygens (including phenoxy) is 3. The molecule has 10 nitrogen and oxygen atoms in total. The summed E-state index contributed by atoms with van der Waals surface area (Å²) < 4.78 is 16.1. The second-order valence-electron chi connectivity index (χ2n) is 7.59. The first-order valence-corrected chi connectivity index (χ1v) is 11.7. The molecule has 1 aliphatic heterocycles. The Kier molecular flexibility index (Phi) is 11.7. The highest BCUT2D eigenvalue weighted by molar-refractivity contribution is 6.31. The van der Waals surface area contributed by atoms with Crippen LogP contribution in [0.15, 0.2) is 46.8 Å². The van der Waals surface area contributed by atoms with E-state index in [0.29, 0.717) is 41.6 Å². The summed E-state index contributed by atoms with van der Waals surface area (Å²) in [5.74, 6) is -2.14. The number of dihydropyridines is 1. The van der Waals surface area contributed by atoms with Crippen molar-refractivity contribution < 1.29 is 28.6 Å². The number of benzene rings is 1. The van der Waals surface area contributed by atoms with Gasteiger partial charge in [-0.2, -0.15) is 0 Å². The van der Waals surface area contributed by atoms with E-state index in [2.05, 4.69) is 16.0 Å². The number of allylic oxidation sites excluding steroid dienone is 1. The van der Waals surface area contributed by atoms with Gasteiger partial charge in [0.25, 0.3) is 0 Å². The van der Waals surface area contributed by atoms with E-state index in [1.807, 2.05) is 0 Å². The monoisotopic (exact) mass is 508 g/mol. The van der Waals surface area contributed by atoms with E-state index < -0.39 is 17.9 Å². The van der Waals surface area contributed by atoms with Gasteiger partial charge in [-0.25, -0.2) is 9.59 Å². The lowest BCUT2D eigenvalue weighted by Crippen LogP contribution is -2.38. The molecule has 0 radical (unpaired) electrons. The van der Waals surface area contributed by atoms with Crippen LogP contribution in [0.2, 0.25) is 5.02 Å². The number of amides is 1. The lowest BCUT2D eigenvalue weighted by Gasteiger charge is -2.31. The van der Waals surface area contributed by atoms with Crippen molar-refractivity contribution in [3.63, 3.8) is 0 Å². The van der Waals surface area contributed by atoms with E-state index in [4.69, 9.17) is 31.5 Å². The third kappa shape index (κ3) is 7.79. The van der Waals surface area contributed by atoms with E-state index >= 15 is 0 Å². The van der Waals surface area contributed by atoms with Crippen molar-refractivity contribution in [3.8, 4) is 0 Å². The summed E-state index contributed by atoms with van der Waals surface area (Å²) in [6.45, 7) is 5.23. The maximum absolute atomic E-state index is 13.1. The Morgan fingerprint density at radius 3 is 2.54 bits per heavy atom. The highest BCUT2D eigenvalue weighted by atomic mass is 35.5. The Labute approximate surface area is 210 Å². The molecule has 1 aromatic carbocycles. The van der Waals surface area contributed by atoms with Crippen LogP contribution in [0.3, 0.4) is 0 Å². The average molecular weight is 509 g/mol. The number of rotatable bonds is 13. The Hall–Kier alpha value is -2.92. The zero-order chi connectivity index (χ0) is 25.8. The fourth-order valence-electron chi connectivity index (χ4n) is 3.66. The van der Waals surface area contributed by atoms with E-state index in [1.165, 1.54) is 7.11 Å². The molecule has 0 saturated heterocycles. The van der Waals surface area contributed by atoms with Gasteiger partial charge in [-0.05, 0) is 25.5 Å². The van der Waals surface area contributed by atoms with Gasteiger partial charge in [0.1, 0.15) is 0 Å². The number of halogens is 1. The first-order chi connectivity index (χ1) is 16.8. The molecule has 192 valence electrons. The van der Waals surface area contributed by atoms with Crippen molar-refractivity contribution in [1.82, 2.24) is 16.0 Å². The number of esters is 2. The third-order valence-electron chi connectivity index (χ3n) is 5.18. The van der Waals surface area contributed by atoms with Gasteiger partial charge in [0.15, 0.2) is 0 Å². The molecule has 0 fully saturated rings. The van der Waals surface area contributed by atoms with Gasteiger partial charge in [0, 0.05) is 30.4 Å². The van der Waals surface area contributed by atoms with E-state index in [-0.39, 0.29) is 43.4 Å². The minimum Gasteiger partial charge on any atom is -0.466 e. The molecule has 0 aliphatic carbocycles. The summed E-state index contributed by atoms with van der Waals surface area (Å²) in [6, 6.07) is 6.99. The lowest BCUT2D eigenvalue weighted by molar-refractivity contribution is -0.139. The highest BCUT2D eigenvalue weighted by Crippen LogP contribution is 2.41. The van der Waals surface area contributed by atoms with Gasteiger partial charge < -0.3 is 35.9 Å². The second-order valence-corrected chi connectivity index (χ2v) is 8.00. The Morgan fingerprint density at radius 1 is 1.14 bits per heavy atom. The van der Waals surface area contributed by atoms with E-state index in [0.717, 1.165) is 0 Å². The van der Waals surface area contributed by atoms with Gasteiger partial charge in [-0.15, -0.1) is 0 Å². The maximum atomic E-state index is 13.1. The summed E-state index contributed by atoms with van der Waals surface area (Å²) in [4.78, 5) is 37.5. The molecule has 0 bridgehead atoms. The standard InChI is InChI=1S/C24H33ClN4O6/c1-4-35-24(32)22-18(14-34-12-11-27-13-19(30)28-10-9-26)29-15(2)20(23(31)33-3)21(22)16-7-5-6-8-17(16)25/h5-8,21,27,29H,4,9-14,26H2,1-3H3,(H,28,30).